The lowest BCUT2D eigenvalue weighted by Crippen LogP contribution is -2.30. The van der Waals surface area contributed by atoms with Gasteiger partial charge in [-0.15, -0.1) is 11.3 Å². The lowest BCUT2D eigenvalue weighted by atomic mass is 9.89. The molecule has 2 aromatic rings. The number of nitrogens with two attached hydrogens (primary N) is 2. The summed E-state index contributed by atoms with van der Waals surface area (Å²) in [5.41, 5.74) is 13.7. The Labute approximate surface area is 162 Å². The van der Waals surface area contributed by atoms with E-state index in [0.29, 0.717) is 28.0 Å². The first kappa shape index (κ1) is 19.0. The van der Waals surface area contributed by atoms with Crippen molar-refractivity contribution in [2.75, 3.05) is 13.1 Å². The van der Waals surface area contributed by atoms with Crippen LogP contribution in [0.15, 0.2) is 30.3 Å². The molecule has 1 saturated heterocycles. The number of carbonyl (C=O) groups is 1. The summed E-state index contributed by atoms with van der Waals surface area (Å²) in [5, 5.41) is 12.6. The first-order valence-corrected chi connectivity index (χ1v) is 9.88. The van der Waals surface area contributed by atoms with Crippen LogP contribution in [0.5, 0.6) is 0 Å². The molecule has 0 saturated carbocycles. The normalized spacial score (nSPS) is 16.4. The van der Waals surface area contributed by atoms with Crippen molar-refractivity contribution in [2.45, 2.75) is 25.3 Å². The number of halogens is 1. The van der Waals surface area contributed by atoms with E-state index < -0.39 is 11.9 Å². The second-order valence-corrected chi connectivity index (χ2v) is 8.17. The SMILES string of the molecule is N=C(CC1CCNCC1)c1cc(-c2ccc(Cl)cc2)sc1C(N)C(N)=O. The van der Waals surface area contributed by atoms with E-state index in [4.69, 9.17) is 28.5 Å². The van der Waals surface area contributed by atoms with Crippen LogP contribution in [-0.4, -0.2) is 24.7 Å². The Bertz CT molecular complexity index is 796. The number of primary amides is 1. The highest BCUT2D eigenvalue weighted by atomic mass is 35.5. The molecule has 3 rings (SSSR count). The number of nitrogens with one attached hydrogen (secondary N) is 2. The van der Waals surface area contributed by atoms with Crippen LogP contribution < -0.4 is 16.8 Å². The standard InChI is InChI=1S/C19H23ClN4OS/c20-13-3-1-12(2-4-13)16-10-14(18(26-16)17(22)19(23)25)15(21)9-11-5-7-24-8-6-11/h1-4,10-11,17,21,24H,5-9,22H2,(H2,23,25). The number of rotatable bonds is 6. The van der Waals surface area contributed by atoms with Crippen LogP contribution in [0.2, 0.25) is 5.02 Å². The van der Waals surface area contributed by atoms with E-state index >= 15 is 0 Å². The topological polar surface area (TPSA) is 105 Å². The second-order valence-electron chi connectivity index (χ2n) is 6.65. The Morgan fingerprint density at radius 2 is 1.96 bits per heavy atom. The molecule has 1 aromatic carbocycles. The van der Waals surface area contributed by atoms with Gasteiger partial charge in [0.25, 0.3) is 0 Å². The number of amides is 1. The average molecular weight is 391 g/mol. The van der Waals surface area contributed by atoms with E-state index in [1.54, 1.807) is 0 Å². The third kappa shape index (κ3) is 4.32. The molecule has 1 fully saturated rings. The van der Waals surface area contributed by atoms with Crippen LogP contribution in [0, 0.1) is 11.3 Å². The Morgan fingerprint density at radius 3 is 2.58 bits per heavy atom. The molecule has 1 aliphatic heterocycles. The summed E-state index contributed by atoms with van der Waals surface area (Å²) in [6.45, 7) is 1.98. The lowest BCUT2D eigenvalue weighted by Gasteiger charge is -2.23. The number of hydrogen-bond acceptors (Lipinski definition) is 5. The van der Waals surface area contributed by atoms with E-state index in [1.165, 1.54) is 11.3 Å². The van der Waals surface area contributed by atoms with Gasteiger partial charge in [-0.1, -0.05) is 23.7 Å². The zero-order valence-corrected chi connectivity index (χ0v) is 16.0. The fourth-order valence-electron chi connectivity index (χ4n) is 3.24. The highest BCUT2D eigenvalue weighted by Gasteiger charge is 2.24. The van der Waals surface area contributed by atoms with Crippen LogP contribution in [0.25, 0.3) is 10.4 Å². The van der Waals surface area contributed by atoms with E-state index in [9.17, 15) is 4.79 Å². The summed E-state index contributed by atoms with van der Waals surface area (Å²) < 4.78 is 0. The minimum atomic E-state index is -0.899. The van der Waals surface area contributed by atoms with Crippen LogP contribution in [0.4, 0.5) is 0 Å². The predicted octanol–water partition coefficient (Wildman–Crippen LogP) is 3.31. The highest BCUT2D eigenvalue weighted by Crippen LogP contribution is 2.36. The Morgan fingerprint density at radius 1 is 1.31 bits per heavy atom. The summed E-state index contributed by atoms with van der Waals surface area (Å²) in [4.78, 5) is 13.3. The fourth-order valence-corrected chi connectivity index (χ4v) is 4.57. The molecule has 7 heteroatoms. The zero-order chi connectivity index (χ0) is 18.7. The maximum Gasteiger partial charge on any atom is 0.239 e. The van der Waals surface area contributed by atoms with Gasteiger partial charge < -0.3 is 22.2 Å². The molecule has 1 amide bonds. The van der Waals surface area contributed by atoms with Gasteiger partial charge in [0.2, 0.25) is 5.91 Å². The van der Waals surface area contributed by atoms with Crippen molar-refractivity contribution in [2.24, 2.45) is 17.4 Å². The minimum absolute atomic E-state index is 0.486. The van der Waals surface area contributed by atoms with Crippen LogP contribution in [0.3, 0.4) is 0 Å². The molecule has 1 unspecified atom stereocenters. The summed E-state index contributed by atoms with van der Waals surface area (Å²) in [7, 11) is 0. The van der Waals surface area contributed by atoms with Crippen molar-refractivity contribution >= 4 is 34.6 Å². The van der Waals surface area contributed by atoms with Crippen LogP contribution in [0.1, 0.15) is 35.7 Å². The number of piperidine rings is 1. The van der Waals surface area contributed by atoms with Gasteiger partial charge in [-0.2, -0.15) is 0 Å². The molecular formula is C19H23ClN4OS. The predicted molar refractivity (Wildman–Crippen MR) is 108 cm³/mol. The van der Waals surface area contributed by atoms with Gasteiger partial charge in [0.1, 0.15) is 6.04 Å². The molecule has 0 spiro atoms. The Balaban J connectivity index is 1.92. The molecule has 0 aliphatic carbocycles. The van der Waals surface area contributed by atoms with E-state index in [0.717, 1.165) is 41.9 Å². The van der Waals surface area contributed by atoms with Gasteiger partial charge in [-0.25, -0.2) is 0 Å². The molecule has 2 heterocycles. The Kier molecular flexibility index (Phi) is 6.09. The van der Waals surface area contributed by atoms with Crippen molar-refractivity contribution in [1.29, 1.82) is 5.41 Å². The molecule has 1 aliphatic rings. The summed E-state index contributed by atoms with van der Waals surface area (Å²) in [6.07, 6.45) is 2.82. The first-order chi connectivity index (χ1) is 12.5. The molecule has 26 heavy (non-hydrogen) atoms. The van der Waals surface area contributed by atoms with Gasteiger partial charge in [0.05, 0.1) is 0 Å². The first-order valence-electron chi connectivity index (χ1n) is 8.68. The number of thiophene rings is 1. The van der Waals surface area contributed by atoms with Crippen molar-refractivity contribution in [3.05, 3.63) is 45.8 Å². The summed E-state index contributed by atoms with van der Waals surface area (Å²) >= 11 is 7.39. The Hall–Kier alpha value is -1.73. The molecule has 1 atom stereocenters. The van der Waals surface area contributed by atoms with Crippen molar-refractivity contribution in [3.8, 4) is 10.4 Å². The second kappa shape index (κ2) is 8.31. The number of hydrogen-bond donors (Lipinski definition) is 4. The van der Waals surface area contributed by atoms with Crippen LogP contribution >= 0.6 is 22.9 Å². The molecule has 0 radical (unpaired) electrons. The number of benzene rings is 1. The smallest absolute Gasteiger partial charge is 0.239 e. The molecule has 6 N–H and O–H groups in total. The molecule has 138 valence electrons. The van der Waals surface area contributed by atoms with E-state index in [-0.39, 0.29) is 0 Å². The maximum atomic E-state index is 11.7. The van der Waals surface area contributed by atoms with Crippen molar-refractivity contribution in [3.63, 3.8) is 0 Å². The van der Waals surface area contributed by atoms with E-state index in [2.05, 4.69) is 5.32 Å². The lowest BCUT2D eigenvalue weighted by molar-refractivity contribution is -0.119. The van der Waals surface area contributed by atoms with Crippen LogP contribution in [-0.2, 0) is 4.79 Å². The third-order valence-corrected chi connectivity index (χ3v) is 6.27. The molecular weight excluding hydrogens is 368 g/mol. The zero-order valence-electron chi connectivity index (χ0n) is 14.4. The maximum absolute atomic E-state index is 11.7. The largest absolute Gasteiger partial charge is 0.368 e. The number of carbonyl (C=O) groups excluding carboxylic acids is 1. The highest BCUT2D eigenvalue weighted by molar-refractivity contribution is 7.16. The quantitative estimate of drug-likeness (QED) is 0.568. The van der Waals surface area contributed by atoms with Gasteiger partial charge in [0, 0.05) is 26.1 Å². The van der Waals surface area contributed by atoms with Crippen molar-refractivity contribution < 1.29 is 4.79 Å². The summed E-state index contributed by atoms with van der Waals surface area (Å²) in [6, 6.07) is 8.55. The average Bonchev–Trinajstić information content (AvgIpc) is 3.08. The van der Waals surface area contributed by atoms with Gasteiger partial charge >= 0.3 is 0 Å². The fraction of sp³-hybridized carbons (Fsp3) is 0.368. The molecule has 1 aromatic heterocycles. The van der Waals surface area contributed by atoms with Gasteiger partial charge in [-0.3, -0.25) is 4.79 Å². The molecule has 0 bridgehead atoms. The summed E-state index contributed by atoms with van der Waals surface area (Å²) in [5.74, 6) is -0.0919. The molecule has 5 nitrogen and oxygen atoms in total. The van der Waals surface area contributed by atoms with Crippen molar-refractivity contribution in [1.82, 2.24) is 5.32 Å². The van der Waals surface area contributed by atoms with Gasteiger partial charge in [-0.05, 0) is 62.0 Å². The monoisotopic (exact) mass is 390 g/mol. The minimum Gasteiger partial charge on any atom is -0.368 e. The van der Waals surface area contributed by atoms with E-state index in [1.807, 2.05) is 30.3 Å². The van der Waals surface area contributed by atoms with Gasteiger partial charge in [0.15, 0.2) is 0 Å². The third-order valence-electron chi connectivity index (χ3n) is 4.76.